The van der Waals surface area contributed by atoms with Crippen molar-refractivity contribution in [2.75, 3.05) is 18.0 Å². The van der Waals surface area contributed by atoms with E-state index in [1.165, 1.54) is 0 Å². The molecule has 0 aromatic heterocycles. The monoisotopic (exact) mass is 276 g/mol. The van der Waals surface area contributed by atoms with Crippen LogP contribution in [-0.4, -0.2) is 36.1 Å². The van der Waals surface area contributed by atoms with E-state index in [0.717, 1.165) is 12.1 Å². The number of benzene rings is 1. The number of anilines is 1. The molecular weight excluding hydrogens is 256 g/mol. The minimum Gasteiger partial charge on any atom is -0.393 e. The minimum absolute atomic E-state index is 0.108. The number of hydrogen-bond donors (Lipinski definition) is 2. The van der Waals surface area contributed by atoms with Crippen LogP contribution in [0.2, 0.25) is 0 Å². The van der Waals surface area contributed by atoms with Gasteiger partial charge in [0.25, 0.3) is 5.91 Å². The number of hydrogen-bond acceptors (Lipinski definition) is 3. The largest absolute Gasteiger partial charge is 0.393 e. The van der Waals surface area contributed by atoms with E-state index in [2.05, 4.69) is 5.32 Å². The van der Waals surface area contributed by atoms with Crippen LogP contribution in [0.1, 0.15) is 36.5 Å². The van der Waals surface area contributed by atoms with Gasteiger partial charge in [0.2, 0.25) is 5.91 Å². The molecule has 1 aromatic rings. The second kappa shape index (κ2) is 6.52. The molecule has 5 heteroatoms. The number of rotatable bonds is 5. The molecule has 20 heavy (non-hydrogen) atoms. The van der Waals surface area contributed by atoms with Gasteiger partial charge in [-0.05, 0) is 38.0 Å². The van der Waals surface area contributed by atoms with Crippen LogP contribution >= 0.6 is 0 Å². The third-order valence-electron chi connectivity index (χ3n) is 3.34. The topological polar surface area (TPSA) is 69.6 Å². The van der Waals surface area contributed by atoms with Gasteiger partial charge < -0.3 is 15.3 Å². The Kier molecular flexibility index (Phi) is 4.74. The molecule has 1 heterocycles. The highest BCUT2D eigenvalue weighted by Gasteiger charge is 2.22. The first-order valence-corrected chi connectivity index (χ1v) is 6.94. The first kappa shape index (κ1) is 14.5. The number of aliphatic hydroxyl groups is 1. The van der Waals surface area contributed by atoms with Crippen LogP contribution in [0.5, 0.6) is 0 Å². The Hall–Kier alpha value is -1.88. The van der Waals surface area contributed by atoms with E-state index in [-0.39, 0.29) is 11.8 Å². The predicted molar refractivity (Wildman–Crippen MR) is 76.7 cm³/mol. The fourth-order valence-corrected chi connectivity index (χ4v) is 2.23. The molecule has 0 radical (unpaired) electrons. The molecule has 5 nitrogen and oxygen atoms in total. The molecule has 2 N–H and O–H groups in total. The highest BCUT2D eigenvalue weighted by Crippen LogP contribution is 2.22. The summed E-state index contributed by atoms with van der Waals surface area (Å²) in [4.78, 5) is 25.4. The Balaban J connectivity index is 2.02. The summed E-state index contributed by atoms with van der Waals surface area (Å²) < 4.78 is 0. The number of carbonyl (C=O) groups is 2. The van der Waals surface area contributed by atoms with E-state index >= 15 is 0 Å². The van der Waals surface area contributed by atoms with Gasteiger partial charge in [0.1, 0.15) is 0 Å². The van der Waals surface area contributed by atoms with Crippen molar-refractivity contribution in [2.45, 2.75) is 32.3 Å². The van der Waals surface area contributed by atoms with E-state index in [0.29, 0.717) is 31.5 Å². The third kappa shape index (κ3) is 3.57. The van der Waals surface area contributed by atoms with Gasteiger partial charge in [-0.15, -0.1) is 0 Å². The first-order valence-electron chi connectivity index (χ1n) is 6.94. The summed E-state index contributed by atoms with van der Waals surface area (Å²) in [6.07, 6.45) is 1.54. The van der Waals surface area contributed by atoms with Crippen LogP contribution in [0.4, 0.5) is 5.69 Å². The second-order valence-electron chi connectivity index (χ2n) is 5.09. The molecule has 108 valence electrons. The van der Waals surface area contributed by atoms with Crippen molar-refractivity contribution in [2.24, 2.45) is 0 Å². The maximum absolute atomic E-state index is 12.0. The third-order valence-corrected chi connectivity index (χ3v) is 3.34. The molecular formula is C15H20N2O3. The van der Waals surface area contributed by atoms with Crippen molar-refractivity contribution in [3.63, 3.8) is 0 Å². The van der Waals surface area contributed by atoms with Crippen molar-refractivity contribution < 1.29 is 14.7 Å². The molecule has 0 saturated carbocycles. The Morgan fingerprint density at radius 2 is 2.30 bits per heavy atom. The zero-order valence-electron chi connectivity index (χ0n) is 11.6. The summed E-state index contributed by atoms with van der Waals surface area (Å²) in [5.41, 5.74) is 1.31. The smallest absolute Gasteiger partial charge is 0.251 e. The zero-order chi connectivity index (χ0) is 14.5. The van der Waals surface area contributed by atoms with E-state index in [1.54, 1.807) is 30.0 Å². The number of carbonyl (C=O) groups excluding carboxylic acids is 2. The number of nitrogens with zero attached hydrogens (tertiary/aromatic N) is 1. The highest BCUT2D eigenvalue weighted by atomic mass is 16.3. The Morgan fingerprint density at radius 3 is 2.95 bits per heavy atom. The fraction of sp³-hybridized carbons (Fsp3) is 0.467. The average molecular weight is 276 g/mol. The Morgan fingerprint density at radius 1 is 1.50 bits per heavy atom. The normalized spacial score (nSPS) is 16.3. The summed E-state index contributed by atoms with van der Waals surface area (Å²) in [5.74, 6) is -0.0733. The lowest BCUT2D eigenvalue weighted by Gasteiger charge is -2.16. The SMILES string of the molecule is CC(O)CCNC(=O)c1cccc(N2CCCC2=O)c1. The van der Waals surface area contributed by atoms with Gasteiger partial charge in [0.05, 0.1) is 6.10 Å². The molecule has 1 aliphatic heterocycles. The molecule has 0 spiro atoms. The molecule has 1 unspecified atom stereocenters. The summed E-state index contributed by atoms with van der Waals surface area (Å²) in [6.45, 7) is 2.83. The second-order valence-corrected chi connectivity index (χ2v) is 5.09. The maximum atomic E-state index is 12.0. The molecule has 1 atom stereocenters. The van der Waals surface area contributed by atoms with Crippen LogP contribution in [0.25, 0.3) is 0 Å². The summed E-state index contributed by atoms with van der Waals surface area (Å²) >= 11 is 0. The lowest BCUT2D eigenvalue weighted by molar-refractivity contribution is -0.117. The average Bonchev–Trinajstić information content (AvgIpc) is 2.84. The summed E-state index contributed by atoms with van der Waals surface area (Å²) in [7, 11) is 0. The number of nitrogens with one attached hydrogen (secondary N) is 1. The van der Waals surface area contributed by atoms with Crippen LogP contribution in [0.3, 0.4) is 0 Å². The minimum atomic E-state index is -0.427. The summed E-state index contributed by atoms with van der Waals surface area (Å²) in [6, 6.07) is 7.09. The first-order chi connectivity index (χ1) is 9.58. The van der Waals surface area contributed by atoms with E-state index in [4.69, 9.17) is 5.11 Å². The van der Waals surface area contributed by atoms with Gasteiger partial charge in [0, 0.05) is 30.8 Å². The summed E-state index contributed by atoms with van der Waals surface area (Å²) in [5, 5.41) is 11.9. The Labute approximate surface area is 118 Å². The predicted octanol–water partition coefficient (Wildman–Crippen LogP) is 1.31. The number of amides is 2. The molecule has 1 fully saturated rings. The molecule has 2 amide bonds. The fourth-order valence-electron chi connectivity index (χ4n) is 2.23. The lowest BCUT2D eigenvalue weighted by atomic mass is 10.1. The van der Waals surface area contributed by atoms with Crippen molar-refractivity contribution >= 4 is 17.5 Å². The van der Waals surface area contributed by atoms with Crippen LogP contribution in [0, 0.1) is 0 Å². The lowest BCUT2D eigenvalue weighted by Crippen LogP contribution is -2.27. The molecule has 0 aliphatic carbocycles. The van der Waals surface area contributed by atoms with E-state index in [1.807, 2.05) is 6.07 Å². The molecule has 1 aliphatic rings. The van der Waals surface area contributed by atoms with Crippen molar-refractivity contribution in [3.8, 4) is 0 Å². The van der Waals surface area contributed by atoms with Crippen LogP contribution < -0.4 is 10.2 Å². The number of aliphatic hydroxyl groups excluding tert-OH is 1. The van der Waals surface area contributed by atoms with E-state index < -0.39 is 6.10 Å². The molecule has 2 rings (SSSR count). The van der Waals surface area contributed by atoms with Crippen molar-refractivity contribution in [3.05, 3.63) is 29.8 Å². The quantitative estimate of drug-likeness (QED) is 0.852. The molecule has 1 saturated heterocycles. The highest BCUT2D eigenvalue weighted by molar-refractivity contribution is 5.99. The molecule has 1 aromatic carbocycles. The van der Waals surface area contributed by atoms with Crippen molar-refractivity contribution in [1.29, 1.82) is 0 Å². The standard InChI is InChI=1S/C15H20N2O3/c1-11(18)7-8-16-15(20)12-4-2-5-13(10-12)17-9-3-6-14(17)19/h2,4-5,10-11,18H,3,6-9H2,1H3,(H,16,20). The maximum Gasteiger partial charge on any atom is 0.251 e. The van der Waals surface area contributed by atoms with Gasteiger partial charge in [-0.3, -0.25) is 9.59 Å². The zero-order valence-corrected chi connectivity index (χ0v) is 11.6. The van der Waals surface area contributed by atoms with Crippen LogP contribution in [-0.2, 0) is 4.79 Å². The van der Waals surface area contributed by atoms with Crippen molar-refractivity contribution in [1.82, 2.24) is 5.32 Å². The van der Waals surface area contributed by atoms with Gasteiger partial charge in [0.15, 0.2) is 0 Å². The van der Waals surface area contributed by atoms with Gasteiger partial charge in [-0.25, -0.2) is 0 Å². The van der Waals surface area contributed by atoms with Crippen LogP contribution in [0.15, 0.2) is 24.3 Å². The Bertz CT molecular complexity index is 500. The molecule has 0 bridgehead atoms. The van der Waals surface area contributed by atoms with Gasteiger partial charge >= 0.3 is 0 Å². The van der Waals surface area contributed by atoms with E-state index in [9.17, 15) is 9.59 Å². The van der Waals surface area contributed by atoms with Gasteiger partial charge in [-0.1, -0.05) is 6.07 Å². The van der Waals surface area contributed by atoms with Gasteiger partial charge in [-0.2, -0.15) is 0 Å².